The number of rotatable bonds is 0. The number of piperidine rings is 1. The van der Waals surface area contributed by atoms with Crippen molar-refractivity contribution in [3.63, 3.8) is 0 Å². The molecule has 0 aromatic heterocycles. The molecule has 8 aliphatic heterocycles. The van der Waals surface area contributed by atoms with E-state index in [1.807, 2.05) is 0 Å². The molecule has 5 saturated carbocycles. The van der Waals surface area contributed by atoms with Gasteiger partial charge in [0.15, 0.2) is 0 Å². The Kier molecular flexibility index (Phi) is 27.2. The highest BCUT2D eigenvalue weighted by Crippen LogP contribution is 2.44. The summed E-state index contributed by atoms with van der Waals surface area (Å²) >= 11 is 6.24. The van der Waals surface area contributed by atoms with Gasteiger partial charge in [0.1, 0.15) is 0 Å². The van der Waals surface area contributed by atoms with Crippen molar-refractivity contribution < 1.29 is 0 Å². The summed E-state index contributed by atoms with van der Waals surface area (Å²) < 4.78 is 0. The lowest BCUT2D eigenvalue weighted by atomic mass is 9.89. The first kappa shape index (κ1) is 51.2. The summed E-state index contributed by atoms with van der Waals surface area (Å²) in [5, 5.41) is 23.7. The second kappa shape index (κ2) is 32.5. The van der Waals surface area contributed by atoms with Gasteiger partial charge >= 0.3 is 0 Å². The first-order chi connectivity index (χ1) is 30.3. The average Bonchev–Trinajstić information content (AvgIpc) is 4.19. The van der Waals surface area contributed by atoms with Crippen LogP contribution in [-0.4, -0.2) is 126 Å². The maximum absolute atomic E-state index is 3.42. The summed E-state index contributed by atoms with van der Waals surface area (Å²) in [4.78, 5) is 0. The molecule has 6 unspecified atom stereocenters. The van der Waals surface area contributed by atoms with Crippen molar-refractivity contribution in [2.24, 2.45) is 59.2 Å². The van der Waals surface area contributed by atoms with Crippen LogP contribution in [0.15, 0.2) is 0 Å². The van der Waals surface area contributed by atoms with E-state index in [-0.39, 0.29) is 0 Å². The van der Waals surface area contributed by atoms with Gasteiger partial charge in [-0.15, -0.1) is 0 Å². The molecule has 8 heterocycles. The molecule has 6 atom stereocenters. The van der Waals surface area contributed by atoms with Gasteiger partial charge in [-0.1, -0.05) is 77.0 Å². The molecular weight excluding hydrogens is 807 g/mol. The van der Waals surface area contributed by atoms with E-state index < -0.39 is 0 Å². The quantitative estimate of drug-likeness (QED) is 0.128. The Morgan fingerprint density at radius 3 is 1.13 bits per heavy atom. The first-order valence-electron chi connectivity index (χ1n) is 27.0. The molecule has 13 aliphatic rings. The zero-order valence-corrected chi connectivity index (χ0v) is 41.9. The lowest BCUT2D eigenvalue weighted by molar-refractivity contribution is 0.318. The zero-order valence-electron chi connectivity index (χ0n) is 39.5. The predicted molar refractivity (Wildman–Crippen MR) is 274 cm³/mol. The van der Waals surface area contributed by atoms with E-state index in [1.165, 1.54) is 209 Å². The van der Waals surface area contributed by atoms with E-state index in [0.717, 1.165) is 47.3 Å². The summed E-state index contributed by atoms with van der Waals surface area (Å²) in [5.41, 5.74) is 0. The van der Waals surface area contributed by atoms with Crippen LogP contribution < -0.4 is 37.2 Å². The first-order valence-corrected chi connectivity index (χ1v) is 30.4. The maximum atomic E-state index is 3.42. The minimum Gasteiger partial charge on any atom is -0.317 e. The molecule has 0 amide bonds. The van der Waals surface area contributed by atoms with E-state index in [9.17, 15) is 0 Å². The summed E-state index contributed by atoms with van der Waals surface area (Å²) in [5.74, 6) is 18.8. The van der Waals surface area contributed by atoms with E-state index in [0.29, 0.717) is 0 Å². The number of nitrogens with one attached hydrogen (secondary N) is 7. The maximum Gasteiger partial charge on any atom is 0.00581 e. The molecule has 10 heteroatoms. The molecule has 13 rings (SSSR count). The second-order valence-corrected chi connectivity index (χ2v) is 24.8. The standard InChI is InChI=1S/C8H14.C7H14N2.C7H13N.C7H12.C6H12N2.C6H13N.C5H11NS.C5H10S2/c1-2-7-4-5-8(3-1)6-7;1-2-8-4-7-5-9-3-6(1)7;1-2-6-4-8-5-7(6)3-1;1-2-7-4-3-6(1)5-7;1-5-2-8-4-6(5)3-7-1;1-2-4-6-7-5-3-1;1-2-6-3-5-7-4-1;1-2-6-4-5-7-3-1/h7-8H,1-6H2;6-9H,1-5H2;6-8H,1-5H2;6-7H,1-5H2;5-8H,1-4H2;7H,1-6H2;6H,1-5H2;1-5H2. The van der Waals surface area contributed by atoms with E-state index in [2.05, 4.69) is 72.5 Å². The molecule has 7 nitrogen and oxygen atoms in total. The van der Waals surface area contributed by atoms with E-state index in [4.69, 9.17) is 0 Å². The topological polar surface area (TPSA) is 84.2 Å². The summed E-state index contributed by atoms with van der Waals surface area (Å²) in [7, 11) is 0. The SMILES string of the molecule is C1CC2CCC(C1)C2.C1CC2CCC1C2.C1CC2CNCC2C1.C1CC2CNCC2CN1.C1CCCNCC1.C1CNCCSC1.C1CSCCSC1.C1NCC2CNCC12. The van der Waals surface area contributed by atoms with Crippen molar-refractivity contribution in [1.29, 1.82) is 0 Å². The lowest BCUT2D eigenvalue weighted by Gasteiger charge is -2.24. The fraction of sp³-hybridized carbons (Fsp3) is 1.00. The number of fused-ring (bicyclic) bond motifs is 7. The number of hydrogen-bond acceptors (Lipinski definition) is 10. The van der Waals surface area contributed by atoms with Gasteiger partial charge in [0.05, 0.1) is 0 Å². The third kappa shape index (κ3) is 21.1. The van der Waals surface area contributed by atoms with E-state index in [1.54, 1.807) is 64.2 Å². The molecule has 4 bridgehead atoms. The third-order valence-electron chi connectivity index (χ3n) is 16.5. The highest BCUT2D eigenvalue weighted by Gasteiger charge is 2.33. The van der Waals surface area contributed by atoms with Crippen molar-refractivity contribution in [3.05, 3.63) is 0 Å². The van der Waals surface area contributed by atoms with Crippen LogP contribution in [0.3, 0.4) is 0 Å². The minimum absolute atomic E-state index is 0.943. The Bertz CT molecular complexity index is 875. The van der Waals surface area contributed by atoms with Crippen LogP contribution in [0.1, 0.15) is 135 Å². The normalized spacial score (nSPS) is 37.8. The van der Waals surface area contributed by atoms with Gasteiger partial charge in [-0.05, 0) is 219 Å². The smallest absolute Gasteiger partial charge is 0.00581 e. The Labute approximate surface area is 390 Å². The van der Waals surface area contributed by atoms with E-state index >= 15 is 0 Å². The highest BCUT2D eigenvalue weighted by atomic mass is 32.2. The van der Waals surface area contributed by atoms with Gasteiger partial charge in [-0.2, -0.15) is 35.3 Å². The number of thioether (sulfide) groups is 3. The Morgan fingerprint density at radius 2 is 0.623 bits per heavy atom. The zero-order chi connectivity index (χ0) is 41.8. The molecular formula is C51H99N7S3. The minimum atomic E-state index is 0.943. The van der Waals surface area contributed by atoms with Crippen LogP contribution in [0.2, 0.25) is 0 Å². The largest absolute Gasteiger partial charge is 0.317 e. The molecule has 0 aromatic carbocycles. The van der Waals surface area contributed by atoms with Crippen LogP contribution in [0.25, 0.3) is 0 Å². The summed E-state index contributed by atoms with van der Waals surface area (Å²) in [6.07, 6.45) is 31.5. The molecule has 13 fully saturated rings. The van der Waals surface area contributed by atoms with Crippen LogP contribution in [0.5, 0.6) is 0 Å². The molecule has 0 radical (unpaired) electrons. The van der Waals surface area contributed by atoms with Crippen LogP contribution in [0.4, 0.5) is 0 Å². The molecule has 0 aromatic rings. The molecule has 8 saturated heterocycles. The average molecular weight is 907 g/mol. The van der Waals surface area contributed by atoms with Crippen molar-refractivity contribution in [2.45, 2.75) is 135 Å². The molecule has 61 heavy (non-hydrogen) atoms. The molecule has 7 N–H and O–H groups in total. The second-order valence-electron chi connectivity index (χ2n) is 21.2. The lowest BCUT2D eigenvalue weighted by Crippen LogP contribution is -2.35. The van der Waals surface area contributed by atoms with Gasteiger partial charge in [0, 0.05) is 23.8 Å². The Hall–Kier alpha value is 0.770. The molecule has 5 aliphatic carbocycles. The fourth-order valence-corrected chi connectivity index (χ4v) is 15.6. The van der Waals surface area contributed by atoms with Crippen LogP contribution in [-0.2, 0) is 0 Å². The molecule has 356 valence electrons. The van der Waals surface area contributed by atoms with Crippen molar-refractivity contribution >= 4 is 35.3 Å². The fourth-order valence-electron chi connectivity index (χ4n) is 12.6. The van der Waals surface area contributed by atoms with Crippen LogP contribution in [0, 0.1) is 59.2 Å². The third-order valence-corrected chi connectivity index (χ3v) is 19.9. The Balaban J connectivity index is 0.000000117. The summed E-state index contributed by atoms with van der Waals surface area (Å²) in [6, 6.07) is 0. The van der Waals surface area contributed by atoms with Crippen molar-refractivity contribution in [2.75, 3.05) is 126 Å². The summed E-state index contributed by atoms with van der Waals surface area (Å²) in [6.45, 7) is 17.6. The van der Waals surface area contributed by atoms with Gasteiger partial charge in [0.2, 0.25) is 0 Å². The van der Waals surface area contributed by atoms with Crippen molar-refractivity contribution in [1.82, 2.24) is 37.2 Å². The molecule has 0 spiro atoms. The number of hydrogen-bond donors (Lipinski definition) is 7. The van der Waals surface area contributed by atoms with Gasteiger partial charge in [0.25, 0.3) is 0 Å². The van der Waals surface area contributed by atoms with Gasteiger partial charge in [-0.25, -0.2) is 0 Å². The monoisotopic (exact) mass is 906 g/mol. The predicted octanol–water partition coefficient (Wildman–Crippen LogP) is 8.75. The van der Waals surface area contributed by atoms with Gasteiger partial charge < -0.3 is 37.2 Å². The highest BCUT2D eigenvalue weighted by molar-refractivity contribution is 8.03. The Morgan fingerprint density at radius 1 is 0.230 bits per heavy atom. The van der Waals surface area contributed by atoms with Crippen LogP contribution >= 0.6 is 35.3 Å². The van der Waals surface area contributed by atoms with Crippen molar-refractivity contribution in [3.8, 4) is 0 Å². The van der Waals surface area contributed by atoms with Gasteiger partial charge in [-0.3, -0.25) is 0 Å².